The van der Waals surface area contributed by atoms with Crippen LogP contribution < -0.4 is 10.6 Å². The lowest BCUT2D eigenvalue weighted by Crippen LogP contribution is -2.43. The van der Waals surface area contributed by atoms with Gasteiger partial charge in [-0.3, -0.25) is 4.99 Å². The van der Waals surface area contributed by atoms with Crippen LogP contribution in [-0.2, 0) is 21.4 Å². The van der Waals surface area contributed by atoms with Crippen molar-refractivity contribution in [1.82, 2.24) is 14.9 Å². The summed E-state index contributed by atoms with van der Waals surface area (Å²) in [5.41, 5.74) is 1.17. The fourth-order valence-corrected chi connectivity index (χ4v) is 4.27. The molecule has 0 amide bonds. The number of halogens is 1. The minimum atomic E-state index is -3.03. The number of hydrogen-bond acceptors (Lipinski definition) is 4. The van der Waals surface area contributed by atoms with Crippen LogP contribution in [0.5, 0.6) is 0 Å². The van der Waals surface area contributed by atoms with Crippen LogP contribution in [0, 0.1) is 5.92 Å². The number of guanidine groups is 1. The SMILES string of the molecule is CN=C(NCCN1CCCS1(=O)=O)NCC(C)COCc1ccccc1.I. The van der Waals surface area contributed by atoms with Gasteiger partial charge in [0, 0.05) is 33.2 Å². The van der Waals surface area contributed by atoms with E-state index in [2.05, 4.69) is 34.7 Å². The average molecular weight is 510 g/mol. The predicted molar refractivity (Wildman–Crippen MR) is 120 cm³/mol. The van der Waals surface area contributed by atoms with Crippen molar-refractivity contribution in [2.45, 2.75) is 20.0 Å². The number of ether oxygens (including phenoxy) is 1. The largest absolute Gasteiger partial charge is 0.376 e. The third-order valence-electron chi connectivity index (χ3n) is 4.21. The molecule has 7 nitrogen and oxygen atoms in total. The molecule has 1 saturated heterocycles. The topological polar surface area (TPSA) is 83.0 Å². The molecule has 0 saturated carbocycles. The lowest BCUT2D eigenvalue weighted by Gasteiger charge is -2.18. The molecule has 0 spiro atoms. The fourth-order valence-electron chi connectivity index (χ4n) is 2.74. The maximum atomic E-state index is 11.8. The summed E-state index contributed by atoms with van der Waals surface area (Å²) in [5, 5.41) is 6.42. The van der Waals surface area contributed by atoms with E-state index >= 15 is 0 Å². The van der Waals surface area contributed by atoms with E-state index in [1.54, 1.807) is 7.05 Å². The van der Waals surface area contributed by atoms with Crippen molar-refractivity contribution in [3.8, 4) is 0 Å². The Hall–Kier alpha value is -0.910. The number of benzene rings is 1. The Labute approximate surface area is 180 Å². The van der Waals surface area contributed by atoms with E-state index in [-0.39, 0.29) is 29.7 Å². The van der Waals surface area contributed by atoms with Gasteiger partial charge in [0.15, 0.2) is 5.96 Å². The molecular weight excluding hydrogens is 479 g/mol. The maximum absolute atomic E-state index is 11.8. The van der Waals surface area contributed by atoms with Crippen LogP contribution in [0.2, 0.25) is 0 Å². The van der Waals surface area contributed by atoms with Gasteiger partial charge in [0.05, 0.1) is 19.0 Å². The fraction of sp³-hybridized carbons (Fsp3) is 0.611. The minimum absolute atomic E-state index is 0. The summed E-state index contributed by atoms with van der Waals surface area (Å²) in [7, 11) is -1.33. The van der Waals surface area contributed by atoms with E-state index in [4.69, 9.17) is 4.74 Å². The van der Waals surface area contributed by atoms with Gasteiger partial charge in [0.1, 0.15) is 0 Å². The van der Waals surface area contributed by atoms with Gasteiger partial charge >= 0.3 is 0 Å². The standard InChI is InChI=1S/C18H30N4O3S.HI/c1-16(14-25-15-17-7-4-3-5-8-17)13-21-18(19-2)20-9-11-22-10-6-12-26(22,23)24;/h3-5,7-8,16H,6,9-15H2,1-2H3,(H2,19,20,21);1H. The van der Waals surface area contributed by atoms with Gasteiger partial charge < -0.3 is 15.4 Å². The third-order valence-corrected chi connectivity index (χ3v) is 6.17. The summed E-state index contributed by atoms with van der Waals surface area (Å²) in [5.74, 6) is 1.27. The van der Waals surface area contributed by atoms with Crippen molar-refractivity contribution in [1.29, 1.82) is 0 Å². The number of hydrogen-bond donors (Lipinski definition) is 2. The van der Waals surface area contributed by atoms with Crippen LogP contribution in [0.15, 0.2) is 35.3 Å². The zero-order valence-electron chi connectivity index (χ0n) is 16.1. The molecule has 0 aliphatic carbocycles. The molecule has 0 aromatic heterocycles. The van der Waals surface area contributed by atoms with Gasteiger partial charge in [0.25, 0.3) is 0 Å². The lowest BCUT2D eigenvalue weighted by atomic mass is 10.2. The zero-order chi connectivity index (χ0) is 18.8. The van der Waals surface area contributed by atoms with Gasteiger partial charge in [-0.15, -0.1) is 24.0 Å². The first-order chi connectivity index (χ1) is 12.5. The lowest BCUT2D eigenvalue weighted by molar-refractivity contribution is 0.0931. The first-order valence-corrected chi connectivity index (χ1v) is 10.7. The Morgan fingerprint density at radius 2 is 2.04 bits per heavy atom. The Balaban J connectivity index is 0.00000364. The molecule has 1 aromatic rings. The number of sulfonamides is 1. The predicted octanol–water partition coefficient (Wildman–Crippen LogP) is 1.66. The van der Waals surface area contributed by atoms with Crippen LogP contribution in [0.4, 0.5) is 0 Å². The van der Waals surface area contributed by atoms with E-state index < -0.39 is 10.0 Å². The molecule has 1 aliphatic heterocycles. The smallest absolute Gasteiger partial charge is 0.214 e. The molecule has 9 heteroatoms. The van der Waals surface area contributed by atoms with Crippen LogP contribution in [0.1, 0.15) is 18.9 Å². The summed E-state index contributed by atoms with van der Waals surface area (Å²) in [4.78, 5) is 4.17. The van der Waals surface area contributed by atoms with Crippen molar-refractivity contribution in [3.05, 3.63) is 35.9 Å². The third kappa shape index (κ3) is 8.75. The second-order valence-electron chi connectivity index (χ2n) is 6.55. The molecule has 1 heterocycles. The Morgan fingerprint density at radius 1 is 1.30 bits per heavy atom. The summed E-state index contributed by atoms with van der Waals surface area (Å²) >= 11 is 0. The monoisotopic (exact) mass is 510 g/mol. The first-order valence-electron chi connectivity index (χ1n) is 9.05. The average Bonchev–Trinajstić information content (AvgIpc) is 2.97. The zero-order valence-corrected chi connectivity index (χ0v) is 19.2. The molecule has 0 radical (unpaired) electrons. The van der Waals surface area contributed by atoms with Crippen LogP contribution in [0.3, 0.4) is 0 Å². The summed E-state index contributed by atoms with van der Waals surface area (Å²) in [6.45, 7) is 5.74. The molecule has 1 aromatic carbocycles. The van der Waals surface area contributed by atoms with Crippen LogP contribution in [0.25, 0.3) is 0 Å². The van der Waals surface area contributed by atoms with Crippen molar-refractivity contribution < 1.29 is 13.2 Å². The Morgan fingerprint density at radius 3 is 2.67 bits per heavy atom. The number of aliphatic imine (C=N–C) groups is 1. The van der Waals surface area contributed by atoms with E-state index in [0.717, 1.165) is 13.0 Å². The molecule has 1 aliphatic rings. The minimum Gasteiger partial charge on any atom is -0.376 e. The quantitative estimate of drug-likeness (QED) is 0.300. The number of nitrogens with zero attached hydrogens (tertiary/aromatic N) is 2. The second kappa shape index (κ2) is 12.5. The van der Waals surface area contributed by atoms with Gasteiger partial charge in [-0.05, 0) is 17.9 Å². The van der Waals surface area contributed by atoms with Gasteiger partial charge in [-0.25, -0.2) is 12.7 Å². The molecule has 27 heavy (non-hydrogen) atoms. The Bertz CT molecular complexity index is 670. The van der Waals surface area contributed by atoms with Crippen molar-refractivity contribution in [2.75, 3.05) is 45.6 Å². The molecule has 2 N–H and O–H groups in total. The molecule has 1 unspecified atom stereocenters. The molecule has 0 bridgehead atoms. The Kier molecular flexibility index (Phi) is 11.2. The van der Waals surface area contributed by atoms with Crippen LogP contribution >= 0.6 is 24.0 Å². The van der Waals surface area contributed by atoms with Gasteiger partial charge in [0.2, 0.25) is 10.0 Å². The van der Waals surface area contributed by atoms with Gasteiger partial charge in [-0.1, -0.05) is 37.3 Å². The summed E-state index contributed by atoms with van der Waals surface area (Å²) in [6.07, 6.45) is 0.718. The number of rotatable bonds is 9. The molecule has 1 fully saturated rings. The van der Waals surface area contributed by atoms with Gasteiger partial charge in [-0.2, -0.15) is 0 Å². The summed E-state index contributed by atoms with van der Waals surface area (Å²) < 4.78 is 30.8. The molecule has 1 atom stereocenters. The highest BCUT2D eigenvalue weighted by Gasteiger charge is 2.27. The van der Waals surface area contributed by atoms with E-state index in [1.165, 1.54) is 9.87 Å². The van der Waals surface area contributed by atoms with Crippen molar-refractivity contribution >= 4 is 40.0 Å². The molecular formula is C18H31IN4O3S. The highest BCUT2D eigenvalue weighted by Crippen LogP contribution is 2.11. The van der Waals surface area contributed by atoms with Crippen LogP contribution in [-0.4, -0.2) is 64.3 Å². The maximum Gasteiger partial charge on any atom is 0.214 e. The first kappa shape index (κ1) is 24.1. The second-order valence-corrected chi connectivity index (χ2v) is 8.64. The van der Waals surface area contributed by atoms with E-state index in [9.17, 15) is 8.42 Å². The van der Waals surface area contributed by atoms with E-state index in [0.29, 0.717) is 44.7 Å². The summed E-state index contributed by atoms with van der Waals surface area (Å²) in [6, 6.07) is 10.1. The normalized spacial score (nSPS) is 17.9. The highest BCUT2D eigenvalue weighted by atomic mass is 127. The van der Waals surface area contributed by atoms with E-state index in [1.807, 2.05) is 18.2 Å². The van der Waals surface area contributed by atoms with Crippen molar-refractivity contribution in [2.24, 2.45) is 10.9 Å². The molecule has 154 valence electrons. The van der Waals surface area contributed by atoms with Crippen molar-refractivity contribution in [3.63, 3.8) is 0 Å². The number of nitrogens with one attached hydrogen (secondary N) is 2. The highest BCUT2D eigenvalue weighted by molar-refractivity contribution is 14.0. The molecule has 2 rings (SSSR count).